The van der Waals surface area contributed by atoms with Crippen molar-refractivity contribution in [2.75, 3.05) is 12.4 Å². The molecule has 0 saturated heterocycles. The maximum absolute atomic E-state index is 11.5. The Kier molecular flexibility index (Phi) is 4.71. The average molecular weight is 248 g/mol. The number of methoxy groups -OCH3 is 1. The maximum Gasteiger partial charge on any atom is 0.411 e. The van der Waals surface area contributed by atoms with E-state index in [2.05, 4.69) is 15.0 Å². The first-order valence-electron chi connectivity index (χ1n) is 5.26. The molecule has 1 aromatic heterocycles. The van der Waals surface area contributed by atoms with E-state index < -0.39 is 12.1 Å². The number of aromatic nitrogens is 1. The Bertz CT molecular complexity index is 462. The second-order valence-electron chi connectivity index (χ2n) is 3.70. The van der Waals surface area contributed by atoms with Crippen LogP contribution in [0.4, 0.5) is 10.5 Å². The summed E-state index contributed by atoms with van der Waals surface area (Å²) in [5.41, 5.74) is 0.262. The van der Waals surface area contributed by atoms with Crippen LogP contribution < -0.4 is 10.9 Å². The van der Waals surface area contributed by atoms with E-state index in [-0.39, 0.29) is 23.1 Å². The van der Waals surface area contributed by atoms with Crippen LogP contribution in [0.3, 0.4) is 0 Å². The number of anilines is 1. The van der Waals surface area contributed by atoms with Gasteiger partial charge in [-0.3, -0.25) is 10.3 Å². The Morgan fingerprint density at radius 2 is 2.06 bits per heavy atom. The molecule has 0 aliphatic carbocycles. The van der Waals surface area contributed by atoms with Crippen molar-refractivity contribution in [1.29, 1.82) is 0 Å². The highest BCUT2D eigenvalue weighted by atomic mass is 16.6. The van der Waals surface area contributed by atoms with Crippen LogP contribution in [-0.2, 0) is 9.47 Å². The summed E-state index contributed by atoms with van der Waals surface area (Å²) in [5, 5.41) is 2.40. The van der Waals surface area contributed by atoms with Crippen molar-refractivity contribution in [2.45, 2.75) is 20.0 Å². The number of nitrogens with zero attached hydrogens (tertiary/aromatic N) is 1. The monoisotopic (exact) mass is 248 g/mol. The Labute approximate surface area is 106 Å². The fourth-order valence-electron chi connectivity index (χ4n) is 1.18. The first-order chi connectivity index (χ1) is 8.43. The number of hydrogen-bond donors (Lipinski definition) is 1. The van der Waals surface area contributed by atoms with Crippen molar-refractivity contribution in [1.82, 2.24) is 4.98 Å². The second-order valence-corrected chi connectivity index (χ2v) is 3.70. The first kappa shape index (κ1) is 14.0. The number of hydrogen-bond acceptors (Lipinski definition) is 5. The molecule has 0 bridgehead atoms. The third-order valence-corrected chi connectivity index (χ3v) is 1.87. The predicted molar refractivity (Wildman–Crippen MR) is 66.2 cm³/mol. The van der Waals surface area contributed by atoms with E-state index in [1.807, 2.05) is 0 Å². The van der Waals surface area contributed by atoms with E-state index in [9.17, 15) is 9.59 Å². The molecule has 6 nitrogen and oxygen atoms in total. The van der Waals surface area contributed by atoms with E-state index in [1.165, 1.54) is 19.2 Å². The van der Waals surface area contributed by atoms with Crippen LogP contribution in [0.25, 0.3) is 0 Å². The van der Waals surface area contributed by atoms with E-state index in [1.54, 1.807) is 13.8 Å². The van der Waals surface area contributed by atoms with Gasteiger partial charge in [-0.1, -0.05) is 0 Å². The van der Waals surface area contributed by atoms with Crippen molar-refractivity contribution in [3.8, 4) is 0 Å². The minimum Gasteiger partial charge on any atom is -0.464 e. The van der Waals surface area contributed by atoms with Crippen molar-refractivity contribution < 1.29 is 19.1 Å². The number of amides is 1. The molecule has 1 amide bonds. The van der Waals surface area contributed by atoms with Gasteiger partial charge in [-0.15, -0.1) is 0 Å². The number of pyridine rings is 1. The summed E-state index contributed by atoms with van der Waals surface area (Å²) in [6.45, 7) is 3.42. The smallest absolute Gasteiger partial charge is 0.411 e. The zero-order valence-corrected chi connectivity index (χ0v) is 10.4. The van der Waals surface area contributed by atoms with E-state index in [4.69, 9.17) is 12.6 Å². The standard InChI is InChI=1S/C11H13BN2O4/c1-6(2)18-11(16)13-7-4-5-8(12)14-9(7)10(15)17-3/h4-6H,1-3H3,(H,13,16). The molecule has 0 aliphatic rings. The fraction of sp³-hybridized carbons (Fsp3) is 0.364. The Morgan fingerprint density at radius 3 is 2.61 bits per heavy atom. The van der Waals surface area contributed by atoms with Crippen molar-refractivity contribution in [3.05, 3.63) is 17.8 Å². The van der Waals surface area contributed by atoms with Crippen LogP contribution in [0.2, 0.25) is 0 Å². The molecule has 94 valence electrons. The summed E-state index contributed by atoms with van der Waals surface area (Å²) in [4.78, 5) is 26.7. The molecule has 0 unspecified atom stereocenters. The molecule has 0 atom stereocenters. The SMILES string of the molecule is [B]c1ccc(NC(=O)OC(C)C)c(C(=O)OC)n1. The fourth-order valence-corrected chi connectivity index (χ4v) is 1.18. The van der Waals surface area contributed by atoms with Crippen LogP contribution >= 0.6 is 0 Å². The lowest BCUT2D eigenvalue weighted by Gasteiger charge is -2.12. The highest BCUT2D eigenvalue weighted by Crippen LogP contribution is 2.12. The van der Waals surface area contributed by atoms with Gasteiger partial charge in [-0.25, -0.2) is 9.59 Å². The van der Waals surface area contributed by atoms with Crippen molar-refractivity contribution in [2.24, 2.45) is 0 Å². The highest BCUT2D eigenvalue weighted by Gasteiger charge is 2.16. The van der Waals surface area contributed by atoms with E-state index in [0.29, 0.717) is 0 Å². The molecule has 1 rings (SSSR count). The van der Waals surface area contributed by atoms with Crippen LogP contribution in [0.15, 0.2) is 12.1 Å². The lowest BCUT2D eigenvalue weighted by Crippen LogP contribution is -2.22. The Balaban J connectivity index is 2.94. The van der Waals surface area contributed by atoms with Crippen molar-refractivity contribution in [3.63, 3.8) is 0 Å². The van der Waals surface area contributed by atoms with Gasteiger partial charge in [0.05, 0.1) is 18.9 Å². The summed E-state index contributed by atoms with van der Waals surface area (Å²) < 4.78 is 9.44. The second kappa shape index (κ2) is 6.04. The van der Waals surface area contributed by atoms with Gasteiger partial charge < -0.3 is 9.47 Å². The van der Waals surface area contributed by atoms with Gasteiger partial charge >= 0.3 is 12.1 Å². The molecule has 0 saturated carbocycles. The first-order valence-corrected chi connectivity index (χ1v) is 5.26. The zero-order chi connectivity index (χ0) is 13.7. The van der Waals surface area contributed by atoms with Crippen LogP contribution in [0.1, 0.15) is 24.3 Å². The van der Waals surface area contributed by atoms with E-state index >= 15 is 0 Å². The quantitative estimate of drug-likeness (QED) is 0.626. The van der Waals surface area contributed by atoms with Gasteiger partial charge in [0.25, 0.3) is 0 Å². The molecule has 0 aromatic carbocycles. The summed E-state index contributed by atoms with van der Waals surface area (Å²) in [6.07, 6.45) is -0.949. The number of nitrogens with one attached hydrogen (secondary N) is 1. The lowest BCUT2D eigenvalue weighted by atomic mass is 10.0. The summed E-state index contributed by atoms with van der Waals surface area (Å²) >= 11 is 0. The van der Waals surface area contributed by atoms with Gasteiger partial charge in [-0.2, -0.15) is 0 Å². The van der Waals surface area contributed by atoms with Crippen LogP contribution in [0.5, 0.6) is 0 Å². The minimum atomic E-state index is -0.692. The predicted octanol–water partition coefficient (Wildman–Crippen LogP) is 0.619. The van der Waals surface area contributed by atoms with Crippen LogP contribution in [0, 0.1) is 0 Å². The Morgan fingerprint density at radius 1 is 1.39 bits per heavy atom. The molecule has 0 fully saturated rings. The summed E-state index contributed by atoms with van der Waals surface area (Å²) in [5.74, 6) is -0.692. The van der Waals surface area contributed by atoms with E-state index in [0.717, 1.165) is 0 Å². The zero-order valence-electron chi connectivity index (χ0n) is 10.4. The van der Waals surface area contributed by atoms with Gasteiger partial charge in [0.15, 0.2) is 5.69 Å². The number of carbonyl (C=O) groups is 2. The topological polar surface area (TPSA) is 77.5 Å². The molecule has 1 N–H and O–H groups in total. The molecule has 1 heterocycles. The van der Waals surface area contributed by atoms with Crippen molar-refractivity contribution >= 4 is 31.2 Å². The minimum absolute atomic E-state index is 0.0711. The largest absolute Gasteiger partial charge is 0.464 e. The maximum atomic E-state index is 11.5. The van der Waals surface area contributed by atoms with Gasteiger partial charge in [-0.05, 0) is 31.6 Å². The number of ether oxygens (including phenoxy) is 2. The summed E-state index contributed by atoms with van der Waals surface area (Å²) in [6, 6.07) is 2.91. The molecular formula is C11H13BN2O4. The molecule has 2 radical (unpaired) electrons. The van der Waals surface area contributed by atoms with Gasteiger partial charge in [0.1, 0.15) is 7.85 Å². The normalized spacial score (nSPS) is 10.0. The third-order valence-electron chi connectivity index (χ3n) is 1.87. The lowest BCUT2D eigenvalue weighted by molar-refractivity contribution is 0.0595. The molecule has 0 aliphatic heterocycles. The average Bonchev–Trinajstić information content (AvgIpc) is 2.29. The molecule has 7 heteroatoms. The molecule has 1 aromatic rings. The van der Waals surface area contributed by atoms with Gasteiger partial charge in [0.2, 0.25) is 0 Å². The number of carbonyl (C=O) groups excluding carboxylic acids is 2. The molecular weight excluding hydrogens is 235 g/mol. The Hall–Kier alpha value is -2.05. The highest BCUT2D eigenvalue weighted by molar-refractivity contribution is 6.31. The molecule has 0 spiro atoms. The van der Waals surface area contributed by atoms with Crippen LogP contribution in [-0.4, -0.2) is 38.1 Å². The van der Waals surface area contributed by atoms with Gasteiger partial charge in [0, 0.05) is 0 Å². The summed E-state index contributed by atoms with van der Waals surface area (Å²) in [7, 11) is 6.68. The molecule has 18 heavy (non-hydrogen) atoms. The number of esters is 1. The third kappa shape index (κ3) is 3.76. The number of rotatable bonds is 3.